The maximum atomic E-state index is 5.93. The summed E-state index contributed by atoms with van der Waals surface area (Å²) in [5, 5.41) is 8.37. The van der Waals surface area contributed by atoms with E-state index < -0.39 is 0 Å². The fraction of sp³-hybridized carbons (Fsp3) is 0.750. The topological polar surface area (TPSA) is 29.9 Å². The van der Waals surface area contributed by atoms with Crippen LogP contribution in [-0.2, 0) is 6.54 Å². The average Bonchev–Trinajstić information content (AvgIpc) is 2.47. The maximum Gasteiger partial charge on any atom is 0.0814 e. The van der Waals surface area contributed by atoms with Crippen molar-refractivity contribution in [2.45, 2.75) is 40.7 Å². The Hall–Kier alpha value is -0.540. The third kappa shape index (κ3) is 4.54. The van der Waals surface area contributed by atoms with Gasteiger partial charge in [-0.05, 0) is 25.3 Å². The number of aromatic nitrogens is 2. The second kappa shape index (κ2) is 5.69. The fourth-order valence-corrected chi connectivity index (χ4v) is 1.56. The first-order valence-corrected chi connectivity index (χ1v) is 6.16. The van der Waals surface area contributed by atoms with Crippen LogP contribution in [0.5, 0.6) is 0 Å². The predicted molar refractivity (Wildman–Crippen MR) is 68.9 cm³/mol. The summed E-state index contributed by atoms with van der Waals surface area (Å²) in [6.07, 6.45) is 2.89. The van der Waals surface area contributed by atoms with Crippen molar-refractivity contribution in [1.29, 1.82) is 0 Å². The van der Waals surface area contributed by atoms with E-state index in [2.05, 4.69) is 31.2 Å². The molecule has 0 aromatic carbocycles. The summed E-state index contributed by atoms with van der Waals surface area (Å²) in [5.74, 6) is 0. The molecule has 1 aromatic rings. The standard InChI is InChI=1S/C12H22ClN3/c1-10-11(13)9-15-16(10)8-7-14-6-5-12(2,3)4/h9,14H,5-8H2,1-4H3. The van der Waals surface area contributed by atoms with Gasteiger partial charge in [0.25, 0.3) is 0 Å². The molecule has 0 spiro atoms. The lowest BCUT2D eigenvalue weighted by molar-refractivity contribution is 0.364. The molecule has 1 heterocycles. The highest BCUT2D eigenvalue weighted by Crippen LogP contribution is 2.17. The molecular formula is C12H22ClN3. The van der Waals surface area contributed by atoms with E-state index in [0.29, 0.717) is 5.41 Å². The zero-order chi connectivity index (χ0) is 12.2. The highest BCUT2D eigenvalue weighted by atomic mass is 35.5. The van der Waals surface area contributed by atoms with Gasteiger partial charge in [-0.3, -0.25) is 4.68 Å². The Kier molecular flexibility index (Phi) is 4.81. The Balaban J connectivity index is 2.19. The first-order chi connectivity index (χ1) is 7.40. The second-order valence-electron chi connectivity index (χ2n) is 5.36. The minimum absolute atomic E-state index is 0.401. The SMILES string of the molecule is Cc1c(Cl)cnn1CCNCCC(C)(C)C. The van der Waals surface area contributed by atoms with Gasteiger partial charge in [0.2, 0.25) is 0 Å². The lowest BCUT2D eigenvalue weighted by Crippen LogP contribution is -2.24. The van der Waals surface area contributed by atoms with E-state index in [-0.39, 0.29) is 0 Å². The second-order valence-corrected chi connectivity index (χ2v) is 5.77. The summed E-state index contributed by atoms with van der Waals surface area (Å²) in [6.45, 7) is 11.6. The number of nitrogens with one attached hydrogen (secondary N) is 1. The molecule has 0 bridgehead atoms. The number of hydrogen-bond acceptors (Lipinski definition) is 2. The molecule has 0 aliphatic heterocycles. The van der Waals surface area contributed by atoms with Gasteiger partial charge in [0.05, 0.1) is 23.5 Å². The van der Waals surface area contributed by atoms with Crippen LogP contribution in [0, 0.1) is 12.3 Å². The van der Waals surface area contributed by atoms with Crippen molar-refractivity contribution in [2.75, 3.05) is 13.1 Å². The van der Waals surface area contributed by atoms with Crippen molar-refractivity contribution in [3.63, 3.8) is 0 Å². The summed E-state index contributed by atoms with van der Waals surface area (Å²) in [4.78, 5) is 0. The van der Waals surface area contributed by atoms with E-state index in [1.807, 2.05) is 11.6 Å². The van der Waals surface area contributed by atoms with Crippen molar-refractivity contribution in [3.05, 3.63) is 16.9 Å². The van der Waals surface area contributed by atoms with Gasteiger partial charge in [-0.15, -0.1) is 0 Å². The van der Waals surface area contributed by atoms with Crippen LogP contribution < -0.4 is 5.32 Å². The van der Waals surface area contributed by atoms with Crippen molar-refractivity contribution < 1.29 is 0 Å². The number of halogens is 1. The molecule has 0 saturated heterocycles. The number of nitrogens with zero attached hydrogens (tertiary/aromatic N) is 2. The Morgan fingerprint density at radius 3 is 2.56 bits per heavy atom. The molecule has 16 heavy (non-hydrogen) atoms. The summed E-state index contributed by atoms with van der Waals surface area (Å²) < 4.78 is 1.94. The van der Waals surface area contributed by atoms with E-state index in [9.17, 15) is 0 Å². The van der Waals surface area contributed by atoms with Crippen LogP contribution in [0.1, 0.15) is 32.9 Å². The van der Waals surface area contributed by atoms with Gasteiger partial charge in [0.1, 0.15) is 0 Å². The van der Waals surface area contributed by atoms with Gasteiger partial charge < -0.3 is 5.32 Å². The molecule has 0 amide bonds. The molecule has 1 N–H and O–H groups in total. The van der Waals surface area contributed by atoms with E-state index in [1.165, 1.54) is 6.42 Å². The van der Waals surface area contributed by atoms with Crippen molar-refractivity contribution in [1.82, 2.24) is 15.1 Å². The van der Waals surface area contributed by atoms with Crippen LogP contribution in [0.3, 0.4) is 0 Å². The first kappa shape index (κ1) is 13.5. The maximum absolute atomic E-state index is 5.93. The minimum Gasteiger partial charge on any atom is -0.315 e. The van der Waals surface area contributed by atoms with Gasteiger partial charge in [-0.1, -0.05) is 32.4 Å². The average molecular weight is 244 g/mol. The normalized spacial score (nSPS) is 12.1. The molecule has 0 aliphatic rings. The van der Waals surface area contributed by atoms with Gasteiger partial charge in [0, 0.05) is 6.54 Å². The fourth-order valence-electron chi connectivity index (χ4n) is 1.42. The molecule has 0 radical (unpaired) electrons. The largest absolute Gasteiger partial charge is 0.315 e. The summed E-state index contributed by atoms with van der Waals surface area (Å²) in [7, 11) is 0. The number of rotatable bonds is 5. The van der Waals surface area contributed by atoms with Gasteiger partial charge >= 0.3 is 0 Å². The number of hydrogen-bond donors (Lipinski definition) is 1. The lowest BCUT2D eigenvalue weighted by atomic mass is 9.92. The van der Waals surface area contributed by atoms with Crippen LogP contribution in [0.25, 0.3) is 0 Å². The highest BCUT2D eigenvalue weighted by molar-refractivity contribution is 6.31. The molecule has 0 aliphatic carbocycles. The van der Waals surface area contributed by atoms with Gasteiger partial charge in [-0.2, -0.15) is 5.10 Å². The van der Waals surface area contributed by atoms with Gasteiger partial charge in [0.15, 0.2) is 0 Å². The van der Waals surface area contributed by atoms with Crippen molar-refractivity contribution >= 4 is 11.6 Å². The zero-order valence-corrected chi connectivity index (χ0v) is 11.4. The van der Waals surface area contributed by atoms with Crippen LogP contribution in [0.2, 0.25) is 5.02 Å². The third-order valence-electron chi connectivity index (χ3n) is 2.60. The lowest BCUT2D eigenvalue weighted by Gasteiger charge is -2.18. The van der Waals surface area contributed by atoms with Crippen LogP contribution in [0.4, 0.5) is 0 Å². The zero-order valence-electron chi connectivity index (χ0n) is 10.7. The van der Waals surface area contributed by atoms with E-state index in [0.717, 1.165) is 30.4 Å². The van der Waals surface area contributed by atoms with Crippen molar-refractivity contribution in [2.24, 2.45) is 5.41 Å². The Morgan fingerprint density at radius 1 is 1.38 bits per heavy atom. The van der Waals surface area contributed by atoms with Gasteiger partial charge in [-0.25, -0.2) is 0 Å². The van der Waals surface area contributed by atoms with E-state index >= 15 is 0 Å². The molecule has 3 nitrogen and oxygen atoms in total. The summed E-state index contributed by atoms with van der Waals surface area (Å²) >= 11 is 5.93. The van der Waals surface area contributed by atoms with Crippen LogP contribution in [0.15, 0.2) is 6.20 Å². The molecule has 0 atom stereocenters. The molecule has 0 unspecified atom stereocenters. The van der Waals surface area contributed by atoms with E-state index in [4.69, 9.17) is 11.6 Å². The highest BCUT2D eigenvalue weighted by Gasteiger charge is 2.08. The van der Waals surface area contributed by atoms with Crippen LogP contribution in [-0.4, -0.2) is 22.9 Å². The van der Waals surface area contributed by atoms with E-state index in [1.54, 1.807) is 6.20 Å². The van der Waals surface area contributed by atoms with Crippen LogP contribution >= 0.6 is 11.6 Å². The summed E-state index contributed by atoms with van der Waals surface area (Å²) in [5.41, 5.74) is 1.44. The summed E-state index contributed by atoms with van der Waals surface area (Å²) in [6, 6.07) is 0. The quantitative estimate of drug-likeness (QED) is 0.806. The molecule has 1 aromatic heterocycles. The Bertz CT molecular complexity index is 325. The molecule has 1 rings (SSSR count). The molecule has 4 heteroatoms. The monoisotopic (exact) mass is 243 g/mol. The molecular weight excluding hydrogens is 222 g/mol. The van der Waals surface area contributed by atoms with Crippen molar-refractivity contribution in [3.8, 4) is 0 Å². The Labute approximate surface area is 103 Å². The third-order valence-corrected chi connectivity index (χ3v) is 2.97. The smallest absolute Gasteiger partial charge is 0.0814 e. The minimum atomic E-state index is 0.401. The predicted octanol–water partition coefficient (Wildman–Crippen LogP) is 2.87. The molecule has 0 fully saturated rings. The molecule has 0 saturated carbocycles. The Morgan fingerprint density at radius 2 is 2.06 bits per heavy atom. The first-order valence-electron chi connectivity index (χ1n) is 5.79. The molecule has 92 valence electrons.